The molecule has 0 radical (unpaired) electrons. The van der Waals surface area contributed by atoms with Gasteiger partial charge in [-0.2, -0.15) is 0 Å². The third kappa shape index (κ3) is 4.45. The van der Waals surface area contributed by atoms with Crippen molar-refractivity contribution in [3.05, 3.63) is 87.6 Å². The molecule has 2 aromatic carbocycles. The van der Waals surface area contributed by atoms with Crippen LogP contribution in [0.25, 0.3) is 0 Å². The minimum absolute atomic E-state index is 0.00342. The van der Waals surface area contributed by atoms with E-state index in [9.17, 15) is 4.79 Å². The summed E-state index contributed by atoms with van der Waals surface area (Å²) >= 11 is 7.61. The molecule has 0 aliphatic carbocycles. The molecule has 122 valence electrons. The SMILES string of the molecule is O=C(CN[C@@H](c1ccccc1)c1cccs1)Nc1cccc(Cl)c1. The van der Waals surface area contributed by atoms with Crippen molar-refractivity contribution in [1.82, 2.24) is 5.32 Å². The van der Waals surface area contributed by atoms with Crippen LogP contribution in [0.5, 0.6) is 0 Å². The summed E-state index contributed by atoms with van der Waals surface area (Å²) in [7, 11) is 0. The molecule has 1 atom stereocenters. The largest absolute Gasteiger partial charge is 0.325 e. The molecule has 0 bridgehead atoms. The van der Waals surface area contributed by atoms with Crippen LogP contribution in [-0.2, 0) is 4.79 Å². The maximum atomic E-state index is 12.2. The van der Waals surface area contributed by atoms with Crippen LogP contribution in [0.3, 0.4) is 0 Å². The van der Waals surface area contributed by atoms with Gasteiger partial charge in [-0.3, -0.25) is 10.1 Å². The Hall–Kier alpha value is -2.14. The molecule has 24 heavy (non-hydrogen) atoms. The Labute approximate surface area is 150 Å². The quantitative estimate of drug-likeness (QED) is 0.671. The van der Waals surface area contributed by atoms with E-state index in [2.05, 4.69) is 28.8 Å². The lowest BCUT2D eigenvalue weighted by atomic mass is 10.1. The molecule has 5 heteroatoms. The highest BCUT2D eigenvalue weighted by Gasteiger charge is 2.15. The van der Waals surface area contributed by atoms with Crippen LogP contribution in [-0.4, -0.2) is 12.5 Å². The Morgan fingerprint density at radius 3 is 2.58 bits per heavy atom. The summed E-state index contributed by atoms with van der Waals surface area (Å²) < 4.78 is 0. The number of hydrogen-bond acceptors (Lipinski definition) is 3. The molecule has 0 fully saturated rings. The smallest absolute Gasteiger partial charge is 0.238 e. The Morgan fingerprint density at radius 2 is 1.88 bits per heavy atom. The van der Waals surface area contributed by atoms with Crippen molar-refractivity contribution >= 4 is 34.5 Å². The molecular formula is C19H17ClN2OS. The van der Waals surface area contributed by atoms with E-state index in [0.29, 0.717) is 10.7 Å². The molecule has 0 saturated heterocycles. The highest BCUT2D eigenvalue weighted by Crippen LogP contribution is 2.25. The van der Waals surface area contributed by atoms with Gasteiger partial charge in [-0.15, -0.1) is 11.3 Å². The van der Waals surface area contributed by atoms with Crippen LogP contribution in [0.15, 0.2) is 72.1 Å². The monoisotopic (exact) mass is 356 g/mol. The van der Waals surface area contributed by atoms with Gasteiger partial charge in [0.05, 0.1) is 12.6 Å². The molecule has 0 aliphatic heterocycles. The van der Waals surface area contributed by atoms with Gasteiger partial charge in [0.1, 0.15) is 0 Å². The van der Waals surface area contributed by atoms with E-state index in [-0.39, 0.29) is 18.5 Å². The van der Waals surface area contributed by atoms with Gasteiger partial charge in [0, 0.05) is 15.6 Å². The predicted octanol–water partition coefficient (Wildman–Crippen LogP) is 4.72. The minimum atomic E-state index is -0.102. The van der Waals surface area contributed by atoms with Crippen molar-refractivity contribution in [3.63, 3.8) is 0 Å². The van der Waals surface area contributed by atoms with Gasteiger partial charge < -0.3 is 5.32 Å². The summed E-state index contributed by atoms with van der Waals surface area (Å²) in [6, 6.07) is 21.3. The second-order valence-corrected chi connectivity index (χ2v) is 6.71. The number of benzene rings is 2. The third-order valence-electron chi connectivity index (χ3n) is 3.54. The lowest BCUT2D eigenvalue weighted by molar-refractivity contribution is -0.115. The van der Waals surface area contributed by atoms with Crippen LogP contribution in [0.2, 0.25) is 5.02 Å². The van der Waals surface area contributed by atoms with Gasteiger partial charge in [-0.25, -0.2) is 0 Å². The lowest BCUT2D eigenvalue weighted by Gasteiger charge is -2.18. The minimum Gasteiger partial charge on any atom is -0.325 e. The first-order valence-corrected chi connectivity index (χ1v) is 8.85. The number of nitrogens with one attached hydrogen (secondary N) is 2. The Balaban J connectivity index is 1.67. The number of anilines is 1. The van der Waals surface area contributed by atoms with E-state index in [0.717, 1.165) is 5.56 Å². The molecule has 0 saturated carbocycles. The fourth-order valence-electron chi connectivity index (χ4n) is 2.45. The topological polar surface area (TPSA) is 41.1 Å². The van der Waals surface area contributed by atoms with Gasteiger partial charge in [-0.1, -0.05) is 54.1 Å². The molecule has 1 aromatic heterocycles. The lowest BCUT2D eigenvalue weighted by Crippen LogP contribution is -2.31. The molecule has 0 spiro atoms. The van der Waals surface area contributed by atoms with E-state index < -0.39 is 0 Å². The first-order valence-electron chi connectivity index (χ1n) is 7.59. The number of hydrogen-bond donors (Lipinski definition) is 2. The number of amides is 1. The zero-order chi connectivity index (χ0) is 16.8. The third-order valence-corrected chi connectivity index (χ3v) is 4.71. The molecule has 2 N–H and O–H groups in total. The molecule has 1 heterocycles. The Kier molecular flexibility index (Phi) is 5.64. The first-order chi connectivity index (χ1) is 11.7. The number of thiophene rings is 1. The van der Waals surface area contributed by atoms with Gasteiger partial charge in [0.15, 0.2) is 0 Å². The molecule has 0 aliphatic rings. The van der Waals surface area contributed by atoms with Crippen LogP contribution in [0, 0.1) is 0 Å². The highest BCUT2D eigenvalue weighted by molar-refractivity contribution is 7.10. The fourth-order valence-corrected chi connectivity index (χ4v) is 3.47. The molecule has 3 rings (SSSR count). The summed E-state index contributed by atoms with van der Waals surface area (Å²) in [6.07, 6.45) is 0. The Morgan fingerprint density at radius 1 is 1.04 bits per heavy atom. The van der Waals surface area contributed by atoms with E-state index in [4.69, 9.17) is 11.6 Å². The van der Waals surface area contributed by atoms with Crippen molar-refractivity contribution in [2.75, 3.05) is 11.9 Å². The van der Waals surface area contributed by atoms with Crippen LogP contribution in [0.4, 0.5) is 5.69 Å². The molecular weight excluding hydrogens is 340 g/mol. The molecule has 3 aromatic rings. The number of carbonyl (C=O) groups excluding carboxylic acids is 1. The van der Waals surface area contributed by atoms with Crippen LogP contribution in [0.1, 0.15) is 16.5 Å². The second kappa shape index (κ2) is 8.11. The maximum Gasteiger partial charge on any atom is 0.238 e. The summed E-state index contributed by atoms with van der Waals surface area (Å²) in [5.74, 6) is -0.102. The van der Waals surface area contributed by atoms with Crippen molar-refractivity contribution in [3.8, 4) is 0 Å². The standard InChI is InChI=1S/C19H17ClN2OS/c20-15-8-4-9-16(12-15)22-18(23)13-21-19(17-10-5-11-24-17)14-6-2-1-3-7-14/h1-12,19,21H,13H2,(H,22,23)/t19-/m0/s1. The van der Waals surface area contributed by atoms with Crippen molar-refractivity contribution in [2.45, 2.75) is 6.04 Å². The first kappa shape index (κ1) is 16.7. The average molecular weight is 357 g/mol. The van der Waals surface area contributed by atoms with Crippen LogP contribution >= 0.6 is 22.9 Å². The van der Waals surface area contributed by atoms with Crippen molar-refractivity contribution < 1.29 is 4.79 Å². The zero-order valence-electron chi connectivity index (χ0n) is 12.9. The molecule has 1 amide bonds. The second-order valence-electron chi connectivity index (χ2n) is 5.30. The maximum absolute atomic E-state index is 12.2. The Bertz CT molecular complexity index is 790. The predicted molar refractivity (Wildman–Crippen MR) is 101 cm³/mol. The summed E-state index contributed by atoms with van der Waals surface area (Å²) in [6.45, 7) is 0.212. The highest BCUT2D eigenvalue weighted by atomic mass is 35.5. The molecule has 0 unspecified atom stereocenters. The fraction of sp³-hybridized carbons (Fsp3) is 0.105. The number of halogens is 1. The van der Waals surface area contributed by atoms with Gasteiger partial charge >= 0.3 is 0 Å². The number of carbonyl (C=O) groups is 1. The van der Waals surface area contributed by atoms with E-state index in [1.165, 1.54) is 4.88 Å². The number of rotatable bonds is 6. The van der Waals surface area contributed by atoms with Crippen molar-refractivity contribution in [2.24, 2.45) is 0 Å². The summed E-state index contributed by atoms with van der Waals surface area (Å²) in [5, 5.41) is 8.83. The average Bonchev–Trinajstić information content (AvgIpc) is 3.10. The van der Waals surface area contributed by atoms with E-state index in [1.807, 2.05) is 41.8 Å². The normalized spacial score (nSPS) is 11.9. The molecule has 3 nitrogen and oxygen atoms in total. The zero-order valence-corrected chi connectivity index (χ0v) is 14.5. The van der Waals surface area contributed by atoms with E-state index in [1.54, 1.807) is 23.5 Å². The van der Waals surface area contributed by atoms with Gasteiger partial charge in [-0.05, 0) is 35.2 Å². The van der Waals surface area contributed by atoms with Gasteiger partial charge in [0.25, 0.3) is 0 Å². The summed E-state index contributed by atoms with van der Waals surface area (Å²) in [4.78, 5) is 13.4. The van der Waals surface area contributed by atoms with E-state index >= 15 is 0 Å². The summed E-state index contributed by atoms with van der Waals surface area (Å²) in [5.41, 5.74) is 1.83. The van der Waals surface area contributed by atoms with Crippen LogP contribution < -0.4 is 10.6 Å². The van der Waals surface area contributed by atoms with Gasteiger partial charge in [0.2, 0.25) is 5.91 Å². The van der Waals surface area contributed by atoms with Crippen molar-refractivity contribution in [1.29, 1.82) is 0 Å².